The van der Waals surface area contributed by atoms with Crippen LogP contribution >= 0.6 is 27.7 Å². The molecule has 2 aromatic rings. The van der Waals surface area contributed by atoms with E-state index in [0.717, 1.165) is 26.1 Å². The minimum atomic E-state index is -0.271. The molecule has 0 N–H and O–H groups in total. The maximum Gasteiger partial charge on any atom is 0.316 e. The number of carbonyl (C=O) groups is 1. The number of hydrogen-bond donors (Lipinski definition) is 0. The molecule has 0 bridgehead atoms. The molecule has 200 valence electrons. The molecule has 1 amide bonds. The Labute approximate surface area is 248 Å². The zero-order valence-electron chi connectivity index (χ0n) is 21.2. The lowest BCUT2D eigenvalue weighted by molar-refractivity contribution is -0.168. The molecule has 0 unspecified atom stereocenters. The third-order valence-electron chi connectivity index (χ3n) is 7.18. The molecule has 0 aromatic heterocycles. The van der Waals surface area contributed by atoms with E-state index in [1.54, 1.807) is 18.7 Å². The van der Waals surface area contributed by atoms with Gasteiger partial charge < -0.3 is 14.5 Å². The molecule has 0 aliphatic carbocycles. The molecule has 2 atom stereocenters. The van der Waals surface area contributed by atoms with Crippen LogP contribution in [-0.4, -0.2) is 98.2 Å². The van der Waals surface area contributed by atoms with Crippen molar-refractivity contribution in [1.29, 1.82) is 0 Å². The van der Waals surface area contributed by atoms with Crippen molar-refractivity contribution in [2.45, 2.75) is 42.5 Å². The number of piperidine rings is 1. The summed E-state index contributed by atoms with van der Waals surface area (Å²) in [5.74, 6) is 2.29. The van der Waals surface area contributed by atoms with Crippen LogP contribution < -0.4 is 9.64 Å². The molecule has 37 heavy (non-hydrogen) atoms. The summed E-state index contributed by atoms with van der Waals surface area (Å²) in [4.78, 5) is 23.6. The number of hydroxylamine groups is 2. The molecule has 3 heterocycles. The van der Waals surface area contributed by atoms with E-state index in [4.69, 9.17) is 9.57 Å². The summed E-state index contributed by atoms with van der Waals surface area (Å²) in [6, 6.07) is 11.8. The molecule has 3 aliphatic heterocycles. The topological polar surface area (TPSA) is 45.2 Å². The maximum atomic E-state index is 12.4. The fraction of sp³-hybridized carbons (Fsp3) is 0.519. The number of para-hydroxylation sites is 1. The lowest BCUT2D eigenvalue weighted by Crippen LogP contribution is -2.46. The quantitative estimate of drug-likeness (QED) is 0.353. The standard InChI is InChI=1S/C20H29N3O2S.C7H6BrFO.Mg.2H/c1-21(25-2)19(24)8-4-10-22-12-9-17-16(14-22)15-6-3-7-18-20(15)23(17)11-5-13-26-18;1-10-7-3-2-5(9)4-6(7)8;;;/h3,6-7,16-17H,4-5,8-14H2,1-2H3;2-4H,1H3;;;/t16-,17-;;;;/m0..../s1. The van der Waals surface area contributed by atoms with E-state index in [0.29, 0.717) is 28.6 Å². The first-order valence-electron chi connectivity index (χ1n) is 12.5. The van der Waals surface area contributed by atoms with Crippen LogP contribution in [0.15, 0.2) is 45.8 Å². The number of halogens is 2. The molecule has 0 spiro atoms. The van der Waals surface area contributed by atoms with E-state index < -0.39 is 0 Å². The number of methoxy groups -OCH3 is 1. The van der Waals surface area contributed by atoms with Gasteiger partial charge in [0.2, 0.25) is 5.91 Å². The summed E-state index contributed by atoms with van der Waals surface area (Å²) in [7, 11) is 4.75. The number of fused-ring (bicyclic) bond motifs is 3. The van der Waals surface area contributed by atoms with Crippen molar-refractivity contribution in [3.05, 3.63) is 52.3 Å². The van der Waals surface area contributed by atoms with E-state index in [-0.39, 0.29) is 34.8 Å². The molecule has 3 aliphatic rings. The second-order valence-electron chi connectivity index (χ2n) is 9.31. The van der Waals surface area contributed by atoms with Gasteiger partial charge in [-0.15, -0.1) is 11.8 Å². The Hall–Kier alpha value is -1.04. The summed E-state index contributed by atoms with van der Waals surface area (Å²) >= 11 is 5.17. The molecule has 2 aromatic carbocycles. The molecular weight excluding hydrogens is 570 g/mol. The smallest absolute Gasteiger partial charge is 0.316 e. The second kappa shape index (κ2) is 14.4. The number of anilines is 1. The first kappa shape index (κ1) is 30.5. The fourth-order valence-corrected chi connectivity index (χ4v) is 6.92. The van der Waals surface area contributed by atoms with Gasteiger partial charge in [-0.3, -0.25) is 9.63 Å². The minimum Gasteiger partial charge on any atom is -0.496 e. The van der Waals surface area contributed by atoms with Crippen LogP contribution in [0.5, 0.6) is 5.75 Å². The highest BCUT2D eigenvalue weighted by Crippen LogP contribution is 2.50. The average Bonchev–Trinajstić information content (AvgIpc) is 3.03. The highest BCUT2D eigenvalue weighted by atomic mass is 79.9. The van der Waals surface area contributed by atoms with E-state index in [9.17, 15) is 9.18 Å². The monoisotopic (exact) mass is 605 g/mol. The summed E-state index contributed by atoms with van der Waals surface area (Å²) < 4.78 is 17.9. The van der Waals surface area contributed by atoms with Crippen molar-refractivity contribution < 1.29 is 18.8 Å². The minimum absolute atomic E-state index is 0. The summed E-state index contributed by atoms with van der Waals surface area (Å²) in [6.07, 6.45) is 3.96. The molecule has 0 radical (unpaired) electrons. The van der Waals surface area contributed by atoms with E-state index in [1.165, 1.54) is 67.1 Å². The van der Waals surface area contributed by atoms with Crippen molar-refractivity contribution in [3.63, 3.8) is 0 Å². The van der Waals surface area contributed by atoms with Gasteiger partial charge in [0.25, 0.3) is 0 Å². The van der Waals surface area contributed by atoms with Crippen molar-refractivity contribution in [2.24, 2.45) is 0 Å². The van der Waals surface area contributed by atoms with Crippen LogP contribution in [0.1, 0.15) is 37.2 Å². The summed E-state index contributed by atoms with van der Waals surface area (Å²) in [6.45, 7) is 4.46. The number of thioether (sulfide) groups is 1. The third kappa shape index (κ3) is 7.33. The van der Waals surface area contributed by atoms with E-state index in [1.807, 2.05) is 11.8 Å². The lowest BCUT2D eigenvalue weighted by Gasteiger charge is -2.39. The summed E-state index contributed by atoms with van der Waals surface area (Å²) in [5.41, 5.74) is 3.09. The van der Waals surface area contributed by atoms with Crippen molar-refractivity contribution in [2.75, 3.05) is 58.1 Å². The molecule has 0 saturated carbocycles. The number of rotatable bonds is 6. The third-order valence-corrected chi connectivity index (χ3v) is 8.94. The normalized spacial score (nSPS) is 20.0. The van der Waals surface area contributed by atoms with Gasteiger partial charge in [0.05, 0.1) is 24.4 Å². The molecular formula is C27H37BrFMgN3O3S. The predicted octanol–water partition coefficient (Wildman–Crippen LogP) is 4.64. The Morgan fingerprint density at radius 1 is 1.24 bits per heavy atom. The number of nitrogens with zero attached hydrogens (tertiary/aromatic N) is 3. The first-order valence-corrected chi connectivity index (χ1v) is 14.2. The van der Waals surface area contributed by atoms with Crippen LogP contribution in [0.3, 0.4) is 0 Å². The predicted molar refractivity (Wildman–Crippen MR) is 155 cm³/mol. The average molecular weight is 607 g/mol. The van der Waals surface area contributed by atoms with Crippen molar-refractivity contribution in [3.8, 4) is 5.75 Å². The van der Waals surface area contributed by atoms with Gasteiger partial charge in [0, 0.05) is 50.0 Å². The first-order chi connectivity index (χ1) is 17.4. The van der Waals surface area contributed by atoms with Gasteiger partial charge in [0.1, 0.15) is 11.6 Å². The molecule has 5 rings (SSSR count). The number of amides is 1. The van der Waals surface area contributed by atoms with Crippen LogP contribution in [0.2, 0.25) is 0 Å². The molecule has 10 heteroatoms. The highest BCUT2D eigenvalue weighted by molar-refractivity contribution is 9.10. The maximum absolute atomic E-state index is 12.4. The van der Waals surface area contributed by atoms with Gasteiger partial charge in [-0.2, -0.15) is 0 Å². The summed E-state index contributed by atoms with van der Waals surface area (Å²) in [5, 5.41) is 1.33. The Kier molecular flexibility index (Phi) is 11.8. The second-order valence-corrected chi connectivity index (χ2v) is 11.3. The van der Waals surface area contributed by atoms with Gasteiger partial charge in [-0.05, 0) is 77.3 Å². The lowest BCUT2D eigenvalue weighted by atomic mass is 9.89. The SMILES string of the molecule is CON(C)C(=O)CCCN1CC[C@H]2[C@@H](C1)c1cccc3c1N2CCCS3.COc1ccc(F)cc1Br.[MgH2]. The van der Waals surface area contributed by atoms with Crippen LogP contribution in [-0.2, 0) is 9.63 Å². The van der Waals surface area contributed by atoms with Crippen molar-refractivity contribution >= 4 is 62.3 Å². The van der Waals surface area contributed by atoms with Gasteiger partial charge in [-0.1, -0.05) is 12.1 Å². The van der Waals surface area contributed by atoms with Gasteiger partial charge in [-0.25, -0.2) is 9.45 Å². The zero-order chi connectivity index (χ0) is 25.7. The Morgan fingerprint density at radius 3 is 2.78 bits per heavy atom. The molecule has 6 nitrogen and oxygen atoms in total. The van der Waals surface area contributed by atoms with Crippen LogP contribution in [0, 0.1) is 5.82 Å². The number of likely N-dealkylation sites (tertiary alicyclic amines) is 1. The van der Waals surface area contributed by atoms with Crippen LogP contribution in [0.25, 0.3) is 0 Å². The van der Waals surface area contributed by atoms with E-state index >= 15 is 0 Å². The largest absolute Gasteiger partial charge is 0.496 e. The van der Waals surface area contributed by atoms with E-state index in [2.05, 4.69) is 43.9 Å². The Balaban J connectivity index is 0.000000293. The number of hydrogen-bond acceptors (Lipinski definition) is 6. The van der Waals surface area contributed by atoms with Crippen molar-refractivity contribution in [1.82, 2.24) is 9.96 Å². The zero-order valence-corrected chi connectivity index (χ0v) is 23.6. The Morgan fingerprint density at radius 2 is 2.05 bits per heavy atom. The van der Waals surface area contributed by atoms with Gasteiger partial charge >= 0.3 is 23.1 Å². The van der Waals surface area contributed by atoms with Gasteiger partial charge in [0.15, 0.2) is 0 Å². The Bertz CT molecular complexity index is 1070. The number of carbonyl (C=O) groups excluding carboxylic acids is 1. The fourth-order valence-electron chi connectivity index (χ4n) is 5.37. The molecule has 1 fully saturated rings. The number of benzene rings is 2. The van der Waals surface area contributed by atoms with Crippen LogP contribution in [0.4, 0.5) is 10.1 Å². The highest BCUT2D eigenvalue weighted by Gasteiger charge is 2.43. The molecule has 1 saturated heterocycles. The number of ether oxygens (including phenoxy) is 1.